The Kier molecular flexibility index (Phi) is 5.47. The van der Waals surface area contributed by atoms with E-state index in [2.05, 4.69) is 34.4 Å². The number of hydrogen-bond acceptors (Lipinski definition) is 1. The van der Waals surface area contributed by atoms with E-state index in [-0.39, 0.29) is 5.91 Å². The molecule has 0 aliphatic carbocycles. The highest BCUT2D eigenvalue weighted by atomic mass is 79.9. The highest BCUT2D eigenvalue weighted by Gasteiger charge is 1.92. The molecule has 0 aromatic heterocycles. The summed E-state index contributed by atoms with van der Waals surface area (Å²) in [7, 11) is 0. The molecule has 0 saturated heterocycles. The Morgan fingerprint density at radius 3 is 2.73 bits per heavy atom. The van der Waals surface area contributed by atoms with Gasteiger partial charge < -0.3 is 5.32 Å². The Morgan fingerprint density at radius 2 is 2.27 bits per heavy atom. The second-order valence-electron chi connectivity index (χ2n) is 1.78. The smallest absolute Gasteiger partial charge is 0.248 e. The third kappa shape index (κ3) is 5.61. The third-order valence-corrected chi connectivity index (χ3v) is 1.26. The molecular formula is C8H10BrNO. The molecule has 0 atom stereocenters. The number of nitrogens with one attached hydrogen (secondary N) is 1. The van der Waals surface area contributed by atoms with E-state index in [1.807, 2.05) is 0 Å². The fraction of sp³-hybridized carbons (Fsp3) is 0.125. The average Bonchev–Trinajstić information content (AvgIpc) is 2.00. The predicted molar refractivity (Wildman–Crippen MR) is 50.4 cm³/mol. The molecule has 0 aromatic rings. The van der Waals surface area contributed by atoms with Crippen molar-refractivity contribution in [2.24, 2.45) is 0 Å². The molecule has 0 fully saturated rings. The fourth-order valence-electron chi connectivity index (χ4n) is 0.403. The van der Waals surface area contributed by atoms with E-state index in [1.54, 1.807) is 6.08 Å². The maximum Gasteiger partial charge on any atom is 0.248 e. The summed E-state index contributed by atoms with van der Waals surface area (Å²) in [6.45, 7) is 6.97. The van der Waals surface area contributed by atoms with Gasteiger partial charge in [0.1, 0.15) is 0 Å². The van der Waals surface area contributed by atoms with Crippen molar-refractivity contribution in [2.75, 3.05) is 5.33 Å². The van der Waals surface area contributed by atoms with Crippen LogP contribution in [0.3, 0.4) is 0 Å². The number of halogens is 1. The van der Waals surface area contributed by atoms with Crippen LogP contribution >= 0.6 is 15.9 Å². The zero-order valence-corrected chi connectivity index (χ0v) is 7.73. The largest absolute Gasteiger partial charge is 0.323 e. The van der Waals surface area contributed by atoms with Gasteiger partial charge in [0.25, 0.3) is 0 Å². The molecule has 60 valence electrons. The third-order valence-electron chi connectivity index (χ3n) is 0.888. The normalized spacial score (nSPS) is 9.55. The Morgan fingerprint density at radius 1 is 1.64 bits per heavy atom. The molecule has 0 radical (unpaired) electrons. The number of rotatable bonds is 4. The summed E-state index contributed by atoms with van der Waals surface area (Å²) < 4.78 is 0. The van der Waals surface area contributed by atoms with Gasteiger partial charge in [0, 0.05) is 17.1 Å². The van der Waals surface area contributed by atoms with E-state index in [4.69, 9.17) is 0 Å². The lowest BCUT2D eigenvalue weighted by atomic mass is 10.4. The van der Waals surface area contributed by atoms with Crippen LogP contribution in [0.2, 0.25) is 0 Å². The number of carbonyl (C=O) groups excluding carboxylic acids is 1. The van der Waals surface area contributed by atoms with Crippen LogP contribution in [0.25, 0.3) is 0 Å². The number of amides is 1. The second kappa shape index (κ2) is 5.92. The van der Waals surface area contributed by atoms with Crippen molar-refractivity contribution in [1.82, 2.24) is 5.32 Å². The monoisotopic (exact) mass is 215 g/mol. The SMILES string of the molecule is C=CC(=C)NC(=O)/C=C/CBr. The molecule has 0 aliphatic rings. The molecule has 1 N–H and O–H groups in total. The lowest BCUT2D eigenvalue weighted by molar-refractivity contribution is -0.115. The first-order chi connectivity index (χ1) is 5.20. The Hall–Kier alpha value is -0.830. The molecule has 0 heterocycles. The fourth-order valence-corrected chi connectivity index (χ4v) is 0.589. The van der Waals surface area contributed by atoms with Crippen LogP contribution < -0.4 is 5.32 Å². The topological polar surface area (TPSA) is 29.1 Å². The van der Waals surface area contributed by atoms with Gasteiger partial charge in [0.05, 0.1) is 0 Å². The highest BCUT2D eigenvalue weighted by molar-refractivity contribution is 9.09. The first kappa shape index (κ1) is 10.2. The van der Waals surface area contributed by atoms with Crippen molar-refractivity contribution < 1.29 is 4.79 Å². The highest BCUT2D eigenvalue weighted by Crippen LogP contribution is 1.86. The second-order valence-corrected chi connectivity index (χ2v) is 2.42. The molecule has 1 amide bonds. The quantitative estimate of drug-likeness (QED) is 0.433. The van der Waals surface area contributed by atoms with Gasteiger partial charge in [0.2, 0.25) is 5.91 Å². The standard InChI is InChI=1S/C8H10BrNO/c1-3-7(2)10-8(11)5-4-6-9/h3-5H,1-2,6H2,(H,10,11)/b5-4+. The summed E-state index contributed by atoms with van der Waals surface area (Å²) in [6, 6.07) is 0. The van der Waals surface area contributed by atoms with Crippen LogP contribution in [0.15, 0.2) is 37.1 Å². The molecule has 0 rings (SSSR count). The molecular weight excluding hydrogens is 206 g/mol. The van der Waals surface area contributed by atoms with Crippen LogP contribution in [0.4, 0.5) is 0 Å². The van der Waals surface area contributed by atoms with Gasteiger partial charge in [-0.2, -0.15) is 0 Å². The lowest BCUT2D eigenvalue weighted by Gasteiger charge is -1.97. The minimum absolute atomic E-state index is 0.186. The van der Waals surface area contributed by atoms with Gasteiger partial charge in [-0.25, -0.2) is 0 Å². The minimum atomic E-state index is -0.186. The molecule has 0 aromatic carbocycles. The Labute approximate surface area is 74.8 Å². The summed E-state index contributed by atoms with van der Waals surface area (Å²) in [5, 5.41) is 3.17. The van der Waals surface area contributed by atoms with E-state index in [0.717, 1.165) is 0 Å². The Balaban J connectivity index is 3.78. The zero-order chi connectivity index (χ0) is 8.69. The van der Waals surface area contributed by atoms with E-state index >= 15 is 0 Å². The first-order valence-electron chi connectivity index (χ1n) is 3.05. The lowest BCUT2D eigenvalue weighted by Crippen LogP contribution is -2.18. The van der Waals surface area contributed by atoms with E-state index in [0.29, 0.717) is 11.0 Å². The number of alkyl halides is 1. The van der Waals surface area contributed by atoms with Gasteiger partial charge >= 0.3 is 0 Å². The number of carbonyl (C=O) groups is 1. The van der Waals surface area contributed by atoms with Crippen LogP contribution in [0.1, 0.15) is 0 Å². The van der Waals surface area contributed by atoms with Crippen molar-refractivity contribution >= 4 is 21.8 Å². The molecule has 0 bridgehead atoms. The van der Waals surface area contributed by atoms with Crippen LogP contribution in [-0.2, 0) is 4.79 Å². The minimum Gasteiger partial charge on any atom is -0.323 e. The first-order valence-corrected chi connectivity index (χ1v) is 4.17. The molecule has 3 heteroatoms. The summed E-state index contributed by atoms with van der Waals surface area (Å²) in [5.74, 6) is -0.186. The van der Waals surface area contributed by atoms with Gasteiger partial charge in [-0.3, -0.25) is 4.79 Å². The summed E-state index contributed by atoms with van der Waals surface area (Å²) in [5.41, 5.74) is 0.509. The van der Waals surface area contributed by atoms with Crippen molar-refractivity contribution in [3.63, 3.8) is 0 Å². The van der Waals surface area contributed by atoms with Gasteiger partial charge in [-0.15, -0.1) is 0 Å². The van der Waals surface area contributed by atoms with Crippen molar-refractivity contribution in [1.29, 1.82) is 0 Å². The van der Waals surface area contributed by atoms with E-state index < -0.39 is 0 Å². The van der Waals surface area contributed by atoms with Gasteiger partial charge in [-0.05, 0) is 6.08 Å². The number of hydrogen-bond donors (Lipinski definition) is 1. The maximum absolute atomic E-state index is 10.8. The van der Waals surface area contributed by atoms with Crippen molar-refractivity contribution in [3.05, 3.63) is 37.1 Å². The molecule has 0 saturated carbocycles. The summed E-state index contributed by atoms with van der Waals surface area (Å²) >= 11 is 3.15. The summed E-state index contributed by atoms with van der Waals surface area (Å²) in [6.07, 6.45) is 4.62. The molecule has 0 aliphatic heterocycles. The molecule has 2 nitrogen and oxygen atoms in total. The van der Waals surface area contributed by atoms with E-state index in [1.165, 1.54) is 12.2 Å². The van der Waals surface area contributed by atoms with Gasteiger partial charge in [-0.1, -0.05) is 35.2 Å². The van der Waals surface area contributed by atoms with Crippen LogP contribution in [-0.4, -0.2) is 11.2 Å². The van der Waals surface area contributed by atoms with Crippen LogP contribution in [0, 0.1) is 0 Å². The van der Waals surface area contributed by atoms with Crippen molar-refractivity contribution in [3.8, 4) is 0 Å². The predicted octanol–water partition coefficient (Wildman–Crippen LogP) is 1.75. The average molecular weight is 216 g/mol. The molecule has 0 unspecified atom stereocenters. The van der Waals surface area contributed by atoms with Crippen LogP contribution in [0.5, 0.6) is 0 Å². The Bertz CT molecular complexity index is 196. The zero-order valence-electron chi connectivity index (χ0n) is 6.14. The summed E-state index contributed by atoms with van der Waals surface area (Å²) in [4.78, 5) is 10.8. The van der Waals surface area contributed by atoms with Crippen molar-refractivity contribution in [2.45, 2.75) is 0 Å². The van der Waals surface area contributed by atoms with Gasteiger partial charge in [0.15, 0.2) is 0 Å². The molecule has 0 spiro atoms. The molecule has 11 heavy (non-hydrogen) atoms. The maximum atomic E-state index is 10.8. The van der Waals surface area contributed by atoms with E-state index in [9.17, 15) is 4.79 Å². The number of allylic oxidation sites excluding steroid dienone is 2.